The molecule has 0 radical (unpaired) electrons. The number of hydrogen-bond donors (Lipinski definition) is 1. The zero-order valence-corrected chi connectivity index (χ0v) is 9.81. The smallest absolute Gasteiger partial charge is 0.194 e. The highest BCUT2D eigenvalue weighted by Gasteiger charge is 2.09. The van der Waals surface area contributed by atoms with Gasteiger partial charge >= 0.3 is 0 Å². The summed E-state index contributed by atoms with van der Waals surface area (Å²) in [5.41, 5.74) is 5.71. The first-order valence-corrected chi connectivity index (χ1v) is 5.80. The summed E-state index contributed by atoms with van der Waals surface area (Å²) in [5.74, 6) is 0.709. The minimum Gasteiger partial charge on any atom is -0.442 e. The monoisotopic (exact) mass is 242 g/mol. The summed E-state index contributed by atoms with van der Waals surface area (Å²) >= 11 is 7.28. The van der Waals surface area contributed by atoms with Crippen LogP contribution in [0.5, 0.6) is 0 Å². The molecule has 80 valence electrons. The van der Waals surface area contributed by atoms with Crippen molar-refractivity contribution >= 4 is 22.9 Å². The summed E-state index contributed by atoms with van der Waals surface area (Å²) in [6.07, 6.45) is 2.67. The molecule has 0 fully saturated rings. The van der Waals surface area contributed by atoms with E-state index in [1.807, 2.05) is 19.2 Å². The van der Waals surface area contributed by atoms with Crippen LogP contribution in [0.2, 0.25) is 5.22 Å². The first kappa shape index (κ1) is 10.7. The fourth-order valence-electron chi connectivity index (χ4n) is 1.26. The van der Waals surface area contributed by atoms with Crippen molar-refractivity contribution in [3.8, 4) is 10.8 Å². The fourth-order valence-corrected chi connectivity index (χ4v) is 2.42. The van der Waals surface area contributed by atoms with Crippen LogP contribution < -0.4 is 5.73 Å². The number of nitrogens with zero attached hydrogens (tertiary/aromatic N) is 1. The van der Waals surface area contributed by atoms with Crippen LogP contribution in [0, 0.1) is 0 Å². The molecule has 0 aromatic carbocycles. The van der Waals surface area contributed by atoms with E-state index < -0.39 is 0 Å². The Morgan fingerprint density at radius 1 is 1.60 bits per heavy atom. The van der Waals surface area contributed by atoms with Crippen molar-refractivity contribution in [3.05, 3.63) is 28.4 Å². The first-order chi connectivity index (χ1) is 7.15. The summed E-state index contributed by atoms with van der Waals surface area (Å²) < 4.78 is 5.27. The maximum absolute atomic E-state index is 5.71. The summed E-state index contributed by atoms with van der Waals surface area (Å²) in [6.45, 7) is 1.98. The van der Waals surface area contributed by atoms with Crippen molar-refractivity contribution in [2.45, 2.75) is 19.4 Å². The van der Waals surface area contributed by atoms with Crippen molar-refractivity contribution < 1.29 is 4.42 Å². The molecule has 5 heteroatoms. The van der Waals surface area contributed by atoms with Gasteiger partial charge in [-0.2, -0.15) is 0 Å². The van der Waals surface area contributed by atoms with Gasteiger partial charge in [-0.3, -0.25) is 0 Å². The van der Waals surface area contributed by atoms with Crippen molar-refractivity contribution in [3.63, 3.8) is 0 Å². The topological polar surface area (TPSA) is 52.0 Å². The van der Waals surface area contributed by atoms with Crippen molar-refractivity contribution in [1.82, 2.24) is 4.98 Å². The molecule has 0 aliphatic heterocycles. The molecule has 0 saturated carbocycles. The highest BCUT2D eigenvalue weighted by atomic mass is 35.5. The van der Waals surface area contributed by atoms with E-state index in [2.05, 4.69) is 4.98 Å². The minimum absolute atomic E-state index is 0.151. The first-order valence-electron chi connectivity index (χ1n) is 4.61. The van der Waals surface area contributed by atoms with Crippen LogP contribution in [0.15, 0.2) is 22.7 Å². The van der Waals surface area contributed by atoms with Gasteiger partial charge in [0.2, 0.25) is 0 Å². The molecule has 3 nitrogen and oxygen atoms in total. The van der Waals surface area contributed by atoms with Gasteiger partial charge < -0.3 is 10.2 Å². The molecule has 2 aromatic rings. The zero-order valence-electron chi connectivity index (χ0n) is 8.24. The maximum atomic E-state index is 5.71. The maximum Gasteiger partial charge on any atom is 0.194 e. The Morgan fingerprint density at radius 3 is 3.00 bits per heavy atom. The summed E-state index contributed by atoms with van der Waals surface area (Å²) in [5, 5.41) is 1.23. The quantitative estimate of drug-likeness (QED) is 0.900. The van der Waals surface area contributed by atoms with Gasteiger partial charge in [0.25, 0.3) is 0 Å². The number of thiazole rings is 1. The van der Waals surface area contributed by atoms with Crippen LogP contribution >= 0.6 is 22.9 Å². The number of rotatable bonds is 3. The Hall–Kier alpha value is -0.840. The highest BCUT2D eigenvalue weighted by molar-refractivity contribution is 7.14. The number of furan rings is 1. The predicted octanol–water partition coefficient (Wildman–Crippen LogP) is 2.95. The molecule has 0 bridgehead atoms. The average molecular weight is 243 g/mol. The van der Waals surface area contributed by atoms with Crippen LogP contribution in [-0.4, -0.2) is 11.0 Å². The van der Waals surface area contributed by atoms with Crippen molar-refractivity contribution in [2.24, 2.45) is 5.73 Å². The van der Waals surface area contributed by atoms with Gasteiger partial charge in [-0.25, -0.2) is 4.98 Å². The van der Waals surface area contributed by atoms with Gasteiger partial charge in [-0.15, -0.1) is 11.3 Å². The standard InChI is InChI=1S/C10H11ClN2OS/c1-6(12)4-7-5-13-10(15-7)8-2-3-9(11)14-8/h2-3,5-6H,4,12H2,1H3. The van der Waals surface area contributed by atoms with Gasteiger partial charge in [-0.05, 0) is 37.1 Å². The SMILES string of the molecule is CC(N)Cc1cnc(-c2ccc(Cl)o2)s1. The normalized spacial score (nSPS) is 13.0. The predicted molar refractivity (Wildman–Crippen MR) is 62.2 cm³/mol. The van der Waals surface area contributed by atoms with E-state index in [1.54, 1.807) is 17.4 Å². The van der Waals surface area contributed by atoms with E-state index in [0.29, 0.717) is 11.0 Å². The molecule has 2 aromatic heterocycles. The number of nitrogens with two attached hydrogens (primary N) is 1. The lowest BCUT2D eigenvalue weighted by atomic mass is 10.2. The Bertz CT molecular complexity index is 450. The second-order valence-electron chi connectivity index (χ2n) is 3.42. The third-order valence-corrected chi connectivity index (χ3v) is 3.10. The molecule has 0 spiro atoms. The number of halogens is 1. The zero-order chi connectivity index (χ0) is 10.8. The van der Waals surface area contributed by atoms with Crippen molar-refractivity contribution in [2.75, 3.05) is 0 Å². The number of hydrogen-bond acceptors (Lipinski definition) is 4. The Kier molecular flexibility index (Phi) is 3.09. The Balaban J connectivity index is 2.20. The van der Waals surface area contributed by atoms with E-state index in [4.69, 9.17) is 21.8 Å². The summed E-state index contributed by atoms with van der Waals surface area (Å²) in [7, 11) is 0. The Morgan fingerprint density at radius 2 is 2.40 bits per heavy atom. The van der Waals surface area contributed by atoms with Crippen molar-refractivity contribution in [1.29, 1.82) is 0 Å². The van der Waals surface area contributed by atoms with Gasteiger partial charge in [0.15, 0.2) is 16.0 Å². The molecule has 2 N–H and O–H groups in total. The molecule has 2 rings (SSSR count). The van der Waals surface area contributed by atoms with Gasteiger partial charge in [0.05, 0.1) is 0 Å². The van der Waals surface area contributed by atoms with Gasteiger partial charge in [0.1, 0.15) is 0 Å². The second kappa shape index (κ2) is 4.35. The molecule has 0 saturated heterocycles. The molecule has 15 heavy (non-hydrogen) atoms. The van der Waals surface area contributed by atoms with Crippen LogP contribution in [0.4, 0.5) is 0 Å². The fraction of sp³-hybridized carbons (Fsp3) is 0.300. The van der Waals surface area contributed by atoms with E-state index in [1.165, 1.54) is 0 Å². The highest BCUT2D eigenvalue weighted by Crippen LogP contribution is 2.28. The van der Waals surface area contributed by atoms with Crippen LogP contribution in [-0.2, 0) is 6.42 Å². The van der Waals surface area contributed by atoms with Crippen LogP contribution in [0.25, 0.3) is 10.8 Å². The lowest BCUT2D eigenvalue weighted by Gasteiger charge is -1.98. The largest absolute Gasteiger partial charge is 0.442 e. The number of aromatic nitrogens is 1. The molecule has 0 aliphatic carbocycles. The second-order valence-corrected chi connectivity index (χ2v) is 4.90. The molecule has 0 amide bonds. The molecule has 2 heterocycles. The third kappa shape index (κ3) is 2.59. The van der Waals surface area contributed by atoms with Gasteiger partial charge in [0, 0.05) is 17.1 Å². The van der Waals surface area contributed by atoms with E-state index in [0.717, 1.165) is 16.3 Å². The van der Waals surface area contributed by atoms with Crippen LogP contribution in [0.1, 0.15) is 11.8 Å². The lowest BCUT2D eigenvalue weighted by molar-refractivity contribution is 0.584. The third-order valence-electron chi connectivity index (χ3n) is 1.86. The van der Waals surface area contributed by atoms with Crippen LogP contribution in [0.3, 0.4) is 0 Å². The van der Waals surface area contributed by atoms with E-state index in [9.17, 15) is 0 Å². The average Bonchev–Trinajstić information content (AvgIpc) is 2.72. The molecular weight excluding hydrogens is 232 g/mol. The summed E-state index contributed by atoms with van der Waals surface area (Å²) in [4.78, 5) is 5.42. The van der Waals surface area contributed by atoms with E-state index >= 15 is 0 Å². The lowest BCUT2D eigenvalue weighted by Crippen LogP contribution is -2.16. The minimum atomic E-state index is 0.151. The molecular formula is C10H11ClN2OS. The molecule has 1 unspecified atom stereocenters. The molecule has 0 aliphatic rings. The summed E-state index contributed by atoms with van der Waals surface area (Å²) in [6, 6.07) is 3.68. The Labute approximate surface area is 96.9 Å². The van der Waals surface area contributed by atoms with E-state index in [-0.39, 0.29) is 6.04 Å². The van der Waals surface area contributed by atoms with Gasteiger partial charge in [-0.1, -0.05) is 0 Å². The molecule has 1 atom stereocenters.